The molecule has 11 heavy (non-hydrogen) atoms. The quantitative estimate of drug-likeness (QED) is 0.658. The number of rotatable bonds is 4. The fourth-order valence-electron chi connectivity index (χ4n) is 2.05. The number of hydrogen-bond acceptors (Lipinski definition) is 1. The summed E-state index contributed by atoms with van der Waals surface area (Å²) >= 11 is 0. The van der Waals surface area contributed by atoms with Crippen molar-refractivity contribution in [2.75, 3.05) is 0 Å². The maximum Gasteiger partial charge on any atom is 0.00701 e. The fraction of sp³-hybridized carbons (Fsp3) is 1.00. The first-order valence-electron chi connectivity index (χ1n) is 5.12. The molecule has 66 valence electrons. The van der Waals surface area contributed by atoms with Crippen LogP contribution in [0.25, 0.3) is 0 Å². The van der Waals surface area contributed by atoms with Gasteiger partial charge < -0.3 is 5.32 Å². The highest BCUT2D eigenvalue weighted by Crippen LogP contribution is 2.18. The maximum absolute atomic E-state index is 3.69. The monoisotopic (exact) mass is 155 g/mol. The standard InChI is InChI=1S/C10H21N/c1-3-5-9-7-8-10(11-9)6-4-2/h9-11H,3-8H2,1-2H3. The Hall–Kier alpha value is -0.0400. The molecular formula is C10H21N. The lowest BCUT2D eigenvalue weighted by Gasteiger charge is -2.12. The zero-order valence-corrected chi connectivity index (χ0v) is 7.90. The van der Waals surface area contributed by atoms with Crippen molar-refractivity contribution in [2.45, 2.75) is 64.5 Å². The number of hydrogen-bond donors (Lipinski definition) is 1. The van der Waals surface area contributed by atoms with Crippen molar-refractivity contribution < 1.29 is 0 Å². The van der Waals surface area contributed by atoms with Gasteiger partial charge in [0, 0.05) is 12.1 Å². The van der Waals surface area contributed by atoms with Crippen LogP contribution in [0.15, 0.2) is 0 Å². The molecule has 2 unspecified atom stereocenters. The van der Waals surface area contributed by atoms with Crippen LogP contribution in [-0.2, 0) is 0 Å². The van der Waals surface area contributed by atoms with Gasteiger partial charge in [-0.05, 0) is 25.7 Å². The molecule has 0 bridgehead atoms. The molecule has 0 saturated carbocycles. The van der Waals surface area contributed by atoms with Crippen molar-refractivity contribution in [1.29, 1.82) is 0 Å². The lowest BCUT2D eigenvalue weighted by molar-refractivity contribution is 0.484. The molecule has 1 rings (SSSR count). The molecule has 0 spiro atoms. The second-order valence-corrected chi connectivity index (χ2v) is 3.72. The Morgan fingerprint density at radius 3 is 1.82 bits per heavy atom. The highest BCUT2D eigenvalue weighted by Gasteiger charge is 2.21. The molecule has 1 N–H and O–H groups in total. The largest absolute Gasteiger partial charge is 0.311 e. The third-order valence-corrected chi connectivity index (χ3v) is 2.61. The highest BCUT2D eigenvalue weighted by atomic mass is 15.0. The Labute approximate surface area is 70.6 Å². The molecule has 1 aliphatic heterocycles. The van der Waals surface area contributed by atoms with Crippen molar-refractivity contribution in [1.82, 2.24) is 5.32 Å². The van der Waals surface area contributed by atoms with Gasteiger partial charge in [0.1, 0.15) is 0 Å². The second-order valence-electron chi connectivity index (χ2n) is 3.72. The van der Waals surface area contributed by atoms with E-state index in [0.29, 0.717) is 0 Å². The van der Waals surface area contributed by atoms with Gasteiger partial charge in [0.2, 0.25) is 0 Å². The fourth-order valence-corrected chi connectivity index (χ4v) is 2.05. The Morgan fingerprint density at radius 2 is 1.45 bits per heavy atom. The van der Waals surface area contributed by atoms with Crippen molar-refractivity contribution in [2.24, 2.45) is 0 Å². The second kappa shape index (κ2) is 4.76. The summed E-state index contributed by atoms with van der Waals surface area (Å²) < 4.78 is 0. The van der Waals surface area contributed by atoms with Gasteiger partial charge in [0.25, 0.3) is 0 Å². The van der Waals surface area contributed by atoms with E-state index in [2.05, 4.69) is 19.2 Å². The van der Waals surface area contributed by atoms with Crippen LogP contribution in [0.3, 0.4) is 0 Å². The molecule has 1 aliphatic rings. The van der Waals surface area contributed by atoms with Crippen LogP contribution < -0.4 is 5.32 Å². The summed E-state index contributed by atoms with van der Waals surface area (Å²) in [5, 5.41) is 3.69. The van der Waals surface area contributed by atoms with Crippen LogP contribution in [-0.4, -0.2) is 12.1 Å². The minimum Gasteiger partial charge on any atom is -0.311 e. The molecular weight excluding hydrogens is 134 g/mol. The molecule has 2 atom stereocenters. The first-order chi connectivity index (χ1) is 5.36. The number of nitrogens with one attached hydrogen (secondary N) is 1. The van der Waals surface area contributed by atoms with Crippen LogP contribution >= 0.6 is 0 Å². The summed E-state index contributed by atoms with van der Waals surface area (Å²) in [7, 11) is 0. The van der Waals surface area contributed by atoms with Crippen LogP contribution in [0.2, 0.25) is 0 Å². The van der Waals surface area contributed by atoms with E-state index >= 15 is 0 Å². The van der Waals surface area contributed by atoms with Gasteiger partial charge in [-0.15, -0.1) is 0 Å². The molecule has 1 nitrogen and oxygen atoms in total. The van der Waals surface area contributed by atoms with Crippen LogP contribution in [0.5, 0.6) is 0 Å². The lowest BCUT2D eigenvalue weighted by Crippen LogP contribution is -2.28. The van der Waals surface area contributed by atoms with Gasteiger partial charge in [0.15, 0.2) is 0 Å². The van der Waals surface area contributed by atoms with E-state index in [9.17, 15) is 0 Å². The minimum absolute atomic E-state index is 0.844. The third kappa shape index (κ3) is 2.82. The Morgan fingerprint density at radius 1 is 1.00 bits per heavy atom. The topological polar surface area (TPSA) is 12.0 Å². The molecule has 0 aromatic heterocycles. The minimum atomic E-state index is 0.844. The van der Waals surface area contributed by atoms with Crippen molar-refractivity contribution in [3.63, 3.8) is 0 Å². The van der Waals surface area contributed by atoms with Crippen LogP contribution in [0.1, 0.15) is 52.4 Å². The molecule has 1 fully saturated rings. The first kappa shape index (κ1) is 9.05. The maximum atomic E-state index is 3.69. The van der Waals surface area contributed by atoms with E-state index in [0.717, 1.165) is 12.1 Å². The zero-order valence-electron chi connectivity index (χ0n) is 7.90. The van der Waals surface area contributed by atoms with Gasteiger partial charge in [-0.3, -0.25) is 0 Å². The van der Waals surface area contributed by atoms with Gasteiger partial charge in [-0.25, -0.2) is 0 Å². The van der Waals surface area contributed by atoms with Gasteiger partial charge in [0.05, 0.1) is 0 Å². The third-order valence-electron chi connectivity index (χ3n) is 2.61. The van der Waals surface area contributed by atoms with Gasteiger partial charge in [-0.1, -0.05) is 26.7 Å². The van der Waals surface area contributed by atoms with E-state index in [4.69, 9.17) is 0 Å². The highest BCUT2D eigenvalue weighted by molar-refractivity contribution is 4.82. The van der Waals surface area contributed by atoms with Gasteiger partial charge >= 0.3 is 0 Å². The molecule has 1 heterocycles. The molecule has 0 amide bonds. The normalized spacial score (nSPS) is 31.1. The first-order valence-corrected chi connectivity index (χ1v) is 5.12. The zero-order chi connectivity index (χ0) is 8.10. The summed E-state index contributed by atoms with van der Waals surface area (Å²) in [6.45, 7) is 4.55. The average molecular weight is 155 g/mol. The van der Waals surface area contributed by atoms with Crippen LogP contribution in [0, 0.1) is 0 Å². The lowest BCUT2D eigenvalue weighted by atomic mass is 10.1. The van der Waals surface area contributed by atoms with E-state index in [1.54, 1.807) is 0 Å². The van der Waals surface area contributed by atoms with Crippen LogP contribution in [0.4, 0.5) is 0 Å². The van der Waals surface area contributed by atoms with Crippen molar-refractivity contribution in [3.8, 4) is 0 Å². The van der Waals surface area contributed by atoms with E-state index in [1.165, 1.54) is 38.5 Å². The summed E-state index contributed by atoms with van der Waals surface area (Å²) in [5.74, 6) is 0. The molecule has 0 radical (unpaired) electrons. The van der Waals surface area contributed by atoms with E-state index in [1.807, 2.05) is 0 Å². The molecule has 0 aromatic rings. The predicted octanol–water partition coefficient (Wildman–Crippen LogP) is 2.71. The Bertz CT molecular complexity index is 89.0. The van der Waals surface area contributed by atoms with E-state index in [-0.39, 0.29) is 0 Å². The summed E-state index contributed by atoms with van der Waals surface area (Å²) in [6.07, 6.45) is 8.24. The summed E-state index contributed by atoms with van der Waals surface area (Å²) in [6, 6.07) is 1.69. The smallest absolute Gasteiger partial charge is 0.00701 e. The molecule has 0 aliphatic carbocycles. The van der Waals surface area contributed by atoms with Crippen molar-refractivity contribution in [3.05, 3.63) is 0 Å². The average Bonchev–Trinajstić information content (AvgIpc) is 2.38. The van der Waals surface area contributed by atoms with Crippen molar-refractivity contribution >= 4 is 0 Å². The Balaban J connectivity index is 2.12. The molecule has 1 saturated heterocycles. The molecule has 1 heteroatoms. The summed E-state index contributed by atoms with van der Waals surface area (Å²) in [5.41, 5.74) is 0. The molecule has 0 aromatic carbocycles. The SMILES string of the molecule is CCCC1CCC(CCC)N1. The van der Waals surface area contributed by atoms with Gasteiger partial charge in [-0.2, -0.15) is 0 Å². The summed E-state index contributed by atoms with van der Waals surface area (Å²) in [4.78, 5) is 0. The predicted molar refractivity (Wildman–Crippen MR) is 49.8 cm³/mol. The Kier molecular flexibility index (Phi) is 3.92. The van der Waals surface area contributed by atoms with E-state index < -0.39 is 0 Å².